The summed E-state index contributed by atoms with van der Waals surface area (Å²) in [6.07, 6.45) is 6.27. The molecule has 0 radical (unpaired) electrons. The molecule has 2 aromatic rings. The maximum Gasteiger partial charge on any atom is 0.317 e. The number of hydrogen-bond donors (Lipinski definition) is 2. The number of nitriles is 1. The number of anilines is 1. The molecule has 2 aliphatic rings. The minimum absolute atomic E-state index is 0.124. The third-order valence-corrected chi connectivity index (χ3v) is 6.79. The molecule has 1 aromatic heterocycles. The summed E-state index contributed by atoms with van der Waals surface area (Å²) in [4.78, 5) is 27.4. The molecule has 0 spiro atoms. The van der Waals surface area contributed by atoms with E-state index in [2.05, 4.69) is 50.5 Å². The van der Waals surface area contributed by atoms with E-state index in [1.54, 1.807) is 4.90 Å². The van der Waals surface area contributed by atoms with Crippen molar-refractivity contribution in [3.05, 3.63) is 53.9 Å². The normalized spacial score (nSPS) is 19.6. The van der Waals surface area contributed by atoms with Crippen LogP contribution in [0.2, 0.25) is 0 Å². The van der Waals surface area contributed by atoms with Crippen molar-refractivity contribution in [1.29, 1.82) is 5.26 Å². The molecule has 2 fully saturated rings. The van der Waals surface area contributed by atoms with Crippen LogP contribution in [0.4, 0.5) is 10.7 Å². The van der Waals surface area contributed by atoms with Gasteiger partial charge in [-0.05, 0) is 43.8 Å². The molecule has 2 N–H and O–H groups in total. The van der Waals surface area contributed by atoms with E-state index in [-0.39, 0.29) is 18.7 Å². The van der Waals surface area contributed by atoms with Crippen LogP contribution in [0, 0.1) is 17.2 Å². The summed E-state index contributed by atoms with van der Waals surface area (Å²) in [5.74, 6) is 1.14. The fraction of sp³-hybridized carbons (Fsp3) is 0.520. The molecule has 34 heavy (non-hydrogen) atoms. The summed E-state index contributed by atoms with van der Waals surface area (Å²) in [5, 5.41) is 21.8. The summed E-state index contributed by atoms with van der Waals surface area (Å²) in [6.45, 7) is 5.24. The summed E-state index contributed by atoms with van der Waals surface area (Å²) in [7, 11) is 0. The summed E-state index contributed by atoms with van der Waals surface area (Å²) >= 11 is 0. The molecule has 3 heterocycles. The van der Waals surface area contributed by atoms with Crippen LogP contribution in [0.5, 0.6) is 0 Å². The number of piperidine rings is 1. The topological polar surface area (TPSA) is 109 Å². The number of aliphatic hydroxyl groups excluding tert-OH is 1. The lowest BCUT2D eigenvalue weighted by Crippen LogP contribution is -2.59. The van der Waals surface area contributed by atoms with Gasteiger partial charge in [-0.15, -0.1) is 0 Å². The maximum atomic E-state index is 12.8. The second kappa shape index (κ2) is 11.8. The van der Waals surface area contributed by atoms with Gasteiger partial charge in [0.2, 0.25) is 5.95 Å². The third-order valence-electron chi connectivity index (χ3n) is 6.79. The Hall–Kier alpha value is -3.22. The molecule has 2 saturated heterocycles. The van der Waals surface area contributed by atoms with Crippen molar-refractivity contribution < 1.29 is 9.90 Å². The monoisotopic (exact) mass is 463 g/mol. The van der Waals surface area contributed by atoms with Crippen LogP contribution in [0.3, 0.4) is 0 Å². The number of rotatable bonds is 7. The van der Waals surface area contributed by atoms with Crippen LogP contribution >= 0.6 is 0 Å². The van der Waals surface area contributed by atoms with Gasteiger partial charge in [-0.25, -0.2) is 14.8 Å². The number of carbonyl (C=O) groups excluding carboxylic acids is 1. The lowest BCUT2D eigenvalue weighted by atomic mass is 9.93. The standard InChI is InChI=1S/C25H33N7O2/c26-14-22-15-28-24(29-16-22)31-12-13-32(23(18-31)19-33)25(34)27-9-6-20-7-10-30(11-8-20)17-21-4-2-1-3-5-21/h1-5,15-16,20,23,33H,6-13,17-19H2,(H,27,34)/t23-/m1/s1. The van der Waals surface area contributed by atoms with Gasteiger partial charge in [0.1, 0.15) is 6.07 Å². The van der Waals surface area contributed by atoms with E-state index in [9.17, 15) is 9.90 Å². The van der Waals surface area contributed by atoms with E-state index in [0.29, 0.717) is 43.6 Å². The molecule has 2 amide bonds. The smallest absolute Gasteiger partial charge is 0.317 e. The molecule has 0 bridgehead atoms. The highest BCUT2D eigenvalue weighted by Gasteiger charge is 2.31. The number of amides is 2. The molecule has 0 aliphatic carbocycles. The van der Waals surface area contributed by atoms with Gasteiger partial charge in [-0.1, -0.05) is 30.3 Å². The summed E-state index contributed by atoms with van der Waals surface area (Å²) < 4.78 is 0. The maximum absolute atomic E-state index is 12.8. The van der Waals surface area contributed by atoms with Crippen LogP contribution in [-0.4, -0.2) is 82.8 Å². The van der Waals surface area contributed by atoms with E-state index < -0.39 is 0 Å². The Kier molecular flexibility index (Phi) is 8.28. The van der Waals surface area contributed by atoms with Crippen LogP contribution in [0.1, 0.15) is 30.4 Å². The highest BCUT2D eigenvalue weighted by atomic mass is 16.3. The molecular formula is C25H33N7O2. The Bertz CT molecular complexity index is 955. The van der Waals surface area contributed by atoms with Crippen LogP contribution in [0.15, 0.2) is 42.7 Å². The predicted octanol–water partition coefficient (Wildman–Crippen LogP) is 1.84. The molecule has 9 heteroatoms. The van der Waals surface area contributed by atoms with Crippen molar-refractivity contribution in [2.24, 2.45) is 5.92 Å². The van der Waals surface area contributed by atoms with Crippen molar-refractivity contribution in [3.63, 3.8) is 0 Å². The van der Waals surface area contributed by atoms with E-state index in [4.69, 9.17) is 5.26 Å². The van der Waals surface area contributed by atoms with Gasteiger partial charge in [0, 0.05) is 32.7 Å². The zero-order valence-corrected chi connectivity index (χ0v) is 19.5. The Labute approximate surface area is 201 Å². The Morgan fingerprint density at radius 1 is 1.12 bits per heavy atom. The molecule has 9 nitrogen and oxygen atoms in total. The van der Waals surface area contributed by atoms with E-state index >= 15 is 0 Å². The van der Waals surface area contributed by atoms with Gasteiger partial charge in [-0.2, -0.15) is 5.26 Å². The molecule has 1 aromatic carbocycles. The van der Waals surface area contributed by atoms with Crippen molar-refractivity contribution in [2.45, 2.75) is 31.8 Å². The number of aromatic nitrogens is 2. The molecule has 0 saturated carbocycles. The van der Waals surface area contributed by atoms with Gasteiger partial charge in [0.25, 0.3) is 0 Å². The average molecular weight is 464 g/mol. The number of aliphatic hydroxyl groups is 1. The number of benzene rings is 1. The second-order valence-electron chi connectivity index (χ2n) is 9.09. The first-order valence-corrected chi connectivity index (χ1v) is 12.0. The first-order chi connectivity index (χ1) is 16.7. The molecule has 4 rings (SSSR count). The highest BCUT2D eigenvalue weighted by Crippen LogP contribution is 2.22. The van der Waals surface area contributed by atoms with Gasteiger partial charge >= 0.3 is 6.03 Å². The van der Waals surface area contributed by atoms with Gasteiger partial charge in [-0.3, -0.25) is 4.90 Å². The van der Waals surface area contributed by atoms with Crippen LogP contribution < -0.4 is 10.2 Å². The number of piperazine rings is 1. The van der Waals surface area contributed by atoms with Gasteiger partial charge < -0.3 is 20.2 Å². The zero-order chi connectivity index (χ0) is 23.8. The average Bonchev–Trinajstić information content (AvgIpc) is 2.90. The van der Waals surface area contributed by atoms with E-state index in [1.807, 2.05) is 11.0 Å². The van der Waals surface area contributed by atoms with Crippen molar-refractivity contribution in [1.82, 2.24) is 25.1 Å². The Balaban J connectivity index is 1.18. The minimum Gasteiger partial charge on any atom is -0.394 e. The number of nitrogens with one attached hydrogen (secondary N) is 1. The van der Waals surface area contributed by atoms with Crippen molar-refractivity contribution >= 4 is 12.0 Å². The van der Waals surface area contributed by atoms with Crippen LogP contribution in [0.25, 0.3) is 0 Å². The SMILES string of the molecule is N#Cc1cnc(N2CCN(C(=O)NCCC3CCN(Cc4ccccc4)CC3)[C@@H](CO)C2)nc1. The molecule has 180 valence electrons. The Morgan fingerprint density at radius 3 is 2.53 bits per heavy atom. The third kappa shape index (κ3) is 6.22. The van der Waals surface area contributed by atoms with Gasteiger partial charge in [0.05, 0.1) is 30.6 Å². The first kappa shape index (κ1) is 23.9. The minimum atomic E-state index is -0.325. The fourth-order valence-electron chi connectivity index (χ4n) is 4.76. The van der Waals surface area contributed by atoms with Crippen LogP contribution in [-0.2, 0) is 6.54 Å². The van der Waals surface area contributed by atoms with Crippen molar-refractivity contribution in [2.75, 3.05) is 50.8 Å². The number of hydrogen-bond acceptors (Lipinski definition) is 7. The summed E-state index contributed by atoms with van der Waals surface area (Å²) in [6, 6.07) is 12.1. The first-order valence-electron chi connectivity index (χ1n) is 12.0. The van der Waals surface area contributed by atoms with Gasteiger partial charge in [0.15, 0.2) is 0 Å². The van der Waals surface area contributed by atoms with Crippen molar-refractivity contribution in [3.8, 4) is 6.07 Å². The largest absolute Gasteiger partial charge is 0.394 e. The summed E-state index contributed by atoms with van der Waals surface area (Å²) in [5.41, 5.74) is 1.76. The predicted molar refractivity (Wildman–Crippen MR) is 129 cm³/mol. The number of urea groups is 1. The number of nitrogens with zero attached hydrogens (tertiary/aromatic N) is 6. The lowest BCUT2D eigenvalue weighted by molar-refractivity contribution is 0.123. The Morgan fingerprint density at radius 2 is 1.85 bits per heavy atom. The second-order valence-corrected chi connectivity index (χ2v) is 9.09. The zero-order valence-electron chi connectivity index (χ0n) is 19.5. The fourth-order valence-corrected chi connectivity index (χ4v) is 4.76. The number of likely N-dealkylation sites (tertiary alicyclic amines) is 1. The quantitative estimate of drug-likeness (QED) is 0.645. The van der Waals surface area contributed by atoms with E-state index in [1.165, 1.54) is 18.0 Å². The van der Waals surface area contributed by atoms with E-state index in [0.717, 1.165) is 38.9 Å². The highest BCUT2D eigenvalue weighted by molar-refractivity contribution is 5.75. The molecular weight excluding hydrogens is 430 g/mol. The molecule has 2 aliphatic heterocycles. The molecule has 0 unspecified atom stereocenters. The number of carbonyl (C=O) groups is 1. The molecule has 1 atom stereocenters. The lowest BCUT2D eigenvalue weighted by Gasteiger charge is -2.40.